The van der Waals surface area contributed by atoms with Gasteiger partial charge in [-0.15, -0.1) is 0 Å². The number of anilines is 3. The molecule has 0 radical (unpaired) electrons. The van der Waals surface area contributed by atoms with Gasteiger partial charge in [0.1, 0.15) is 5.82 Å². The number of phenolic OH excluding ortho intramolecular Hbond substituents is 1. The molecule has 3 heterocycles. The number of nitrogens with two attached hydrogens (primary N) is 1. The van der Waals surface area contributed by atoms with Crippen molar-refractivity contribution in [1.29, 1.82) is 0 Å². The summed E-state index contributed by atoms with van der Waals surface area (Å²) in [5.41, 5.74) is 11.9. The molecular weight excluding hydrogens is 505 g/mol. The molecule has 6 nitrogen and oxygen atoms in total. The lowest BCUT2D eigenvalue weighted by molar-refractivity contribution is 0.476. The SMILES string of the molecule is NC1CCN(c2ccc(Nc3c(CC4CC4)cnc4ccc(-c5cc(Cl)c(O)c(Cl)c5)cc34)cn2)CC1. The number of pyridine rings is 2. The number of nitrogens with one attached hydrogen (secondary N) is 1. The molecule has 0 amide bonds. The standard InChI is InChI=1S/C29H29Cl2N5O/c30-24-13-19(14-25(31)29(24)37)18-3-5-26-23(12-18)28(20(15-33-26)11-17-1-2-17)35-22-4-6-27(34-16-22)36-9-7-21(32)8-10-36/h3-6,12-17,21,37H,1-2,7-11,32H2,(H,33,35). The first-order chi connectivity index (χ1) is 17.9. The van der Waals surface area contributed by atoms with Crippen LogP contribution in [0.2, 0.25) is 10.0 Å². The van der Waals surface area contributed by atoms with Gasteiger partial charge in [0.15, 0.2) is 5.75 Å². The maximum Gasteiger partial charge on any atom is 0.152 e. The third kappa shape index (κ3) is 5.19. The van der Waals surface area contributed by atoms with Crippen LogP contribution < -0.4 is 16.0 Å². The summed E-state index contributed by atoms with van der Waals surface area (Å²) in [6, 6.07) is 14.0. The molecule has 1 aliphatic heterocycles. The zero-order chi connectivity index (χ0) is 25.5. The van der Waals surface area contributed by atoms with Gasteiger partial charge in [0.2, 0.25) is 0 Å². The van der Waals surface area contributed by atoms with Crippen molar-refractivity contribution < 1.29 is 5.11 Å². The molecule has 2 aromatic carbocycles. The molecule has 2 aliphatic rings. The Balaban J connectivity index is 1.36. The van der Waals surface area contributed by atoms with Crippen LogP contribution in [0.4, 0.5) is 17.2 Å². The summed E-state index contributed by atoms with van der Waals surface area (Å²) in [5, 5.41) is 15.1. The lowest BCUT2D eigenvalue weighted by Gasteiger charge is -2.31. The Bertz CT molecular complexity index is 1420. The molecule has 0 spiro atoms. The van der Waals surface area contributed by atoms with E-state index in [1.807, 2.05) is 24.5 Å². The Labute approximate surface area is 226 Å². The van der Waals surface area contributed by atoms with Gasteiger partial charge in [0.25, 0.3) is 0 Å². The summed E-state index contributed by atoms with van der Waals surface area (Å²) in [4.78, 5) is 11.8. The summed E-state index contributed by atoms with van der Waals surface area (Å²) < 4.78 is 0. The number of hydrogen-bond donors (Lipinski definition) is 3. The molecule has 0 unspecified atom stereocenters. The molecule has 2 fully saturated rings. The highest BCUT2D eigenvalue weighted by atomic mass is 35.5. The smallest absolute Gasteiger partial charge is 0.152 e. The third-order valence-corrected chi connectivity index (χ3v) is 7.96. The van der Waals surface area contributed by atoms with Crippen molar-refractivity contribution in [3.05, 3.63) is 70.5 Å². The Kier molecular flexibility index (Phi) is 6.57. The molecule has 8 heteroatoms. The van der Waals surface area contributed by atoms with Crippen LogP contribution in [-0.2, 0) is 6.42 Å². The number of rotatable bonds is 6. The van der Waals surface area contributed by atoms with Crippen LogP contribution in [0, 0.1) is 5.92 Å². The zero-order valence-corrected chi connectivity index (χ0v) is 21.9. The molecule has 2 aromatic heterocycles. The Morgan fingerprint density at radius 1 is 0.919 bits per heavy atom. The van der Waals surface area contributed by atoms with Crippen molar-refractivity contribution in [2.75, 3.05) is 23.3 Å². The number of aromatic nitrogens is 2. The van der Waals surface area contributed by atoms with Gasteiger partial charge < -0.3 is 21.1 Å². The van der Waals surface area contributed by atoms with E-state index in [0.29, 0.717) is 12.0 Å². The minimum atomic E-state index is -0.105. The second-order valence-electron chi connectivity index (χ2n) is 10.2. The second-order valence-corrected chi connectivity index (χ2v) is 11.0. The van der Waals surface area contributed by atoms with Gasteiger partial charge >= 0.3 is 0 Å². The summed E-state index contributed by atoms with van der Waals surface area (Å²) in [5.74, 6) is 1.59. The molecule has 0 atom stereocenters. The zero-order valence-electron chi connectivity index (χ0n) is 20.4. The number of piperidine rings is 1. The van der Waals surface area contributed by atoms with E-state index in [0.717, 1.165) is 71.6 Å². The van der Waals surface area contributed by atoms with Crippen LogP contribution in [0.25, 0.3) is 22.0 Å². The minimum Gasteiger partial charge on any atom is -0.505 e. The van der Waals surface area contributed by atoms with E-state index in [-0.39, 0.29) is 15.8 Å². The largest absolute Gasteiger partial charge is 0.505 e. The Morgan fingerprint density at radius 2 is 1.68 bits per heavy atom. The summed E-state index contributed by atoms with van der Waals surface area (Å²) >= 11 is 12.4. The maximum atomic E-state index is 10.00. The Hall–Kier alpha value is -3.06. The van der Waals surface area contributed by atoms with E-state index in [9.17, 15) is 5.11 Å². The molecule has 37 heavy (non-hydrogen) atoms. The van der Waals surface area contributed by atoms with E-state index in [1.54, 1.807) is 12.1 Å². The molecule has 1 saturated carbocycles. The van der Waals surface area contributed by atoms with E-state index >= 15 is 0 Å². The van der Waals surface area contributed by atoms with Crippen molar-refractivity contribution >= 4 is 51.3 Å². The number of halogens is 2. The van der Waals surface area contributed by atoms with Crippen LogP contribution in [-0.4, -0.2) is 34.2 Å². The number of aromatic hydroxyl groups is 1. The number of hydrogen-bond acceptors (Lipinski definition) is 6. The third-order valence-electron chi connectivity index (χ3n) is 7.38. The lowest BCUT2D eigenvalue weighted by Crippen LogP contribution is -2.40. The van der Waals surface area contributed by atoms with Gasteiger partial charge in [-0.3, -0.25) is 4.98 Å². The van der Waals surface area contributed by atoms with Gasteiger partial charge in [-0.05, 0) is 91.1 Å². The first kappa shape index (κ1) is 24.3. The van der Waals surface area contributed by atoms with Gasteiger partial charge in [-0.25, -0.2) is 4.98 Å². The molecule has 4 aromatic rings. The molecule has 6 rings (SSSR count). The fourth-order valence-corrected chi connectivity index (χ4v) is 5.49. The normalized spacial score (nSPS) is 16.4. The predicted octanol–water partition coefficient (Wildman–Crippen LogP) is 6.93. The highest BCUT2D eigenvalue weighted by Crippen LogP contribution is 2.40. The van der Waals surface area contributed by atoms with Crippen LogP contribution in [0.5, 0.6) is 5.75 Å². The summed E-state index contributed by atoms with van der Waals surface area (Å²) in [6.45, 7) is 1.88. The van der Waals surface area contributed by atoms with Crippen molar-refractivity contribution in [2.45, 2.75) is 38.1 Å². The number of phenols is 1. The first-order valence-corrected chi connectivity index (χ1v) is 13.5. The van der Waals surface area contributed by atoms with Crippen LogP contribution in [0.3, 0.4) is 0 Å². The van der Waals surface area contributed by atoms with E-state index in [4.69, 9.17) is 38.9 Å². The number of fused-ring (bicyclic) bond motifs is 1. The van der Waals surface area contributed by atoms with Crippen LogP contribution in [0.1, 0.15) is 31.2 Å². The fourth-order valence-electron chi connectivity index (χ4n) is 5.00. The summed E-state index contributed by atoms with van der Waals surface area (Å²) in [7, 11) is 0. The molecule has 4 N–H and O–H groups in total. The molecule has 1 saturated heterocycles. The highest BCUT2D eigenvalue weighted by Gasteiger charge is 2.24. The molecular formula is C29H29Cl2N5O. The average Bonchev–Trinajstić information content (AvgIpc) is 3.73. The Morgan fingerprint density at radius 3 is 2.35 bits per heavy atom. The minimum absolute atomic E-state index is 0.105. The van der Waals surface area contributed by atoms with Gasteiger partial charge in [0.05, 0.1) is 33.1 Å². The quantitative estimate of drug-likeness (QED) is 0.249. The topological polar surface area (TPSA) is 87.3 Å². The number of nitrogens with zero attached hydrogens (tertiary/aromatic N) is 3. The van der Waals surface area contributed by atoms with Crippen LogP contribution >= 0.6 is 23.2 Å². The van der Waals surface area contributed by atoms with Gasteiger partial charge in [-0.2, -0.15) is 0 Å². The summed E-state index contributed by atoms with van der Waals surface area (Å²) in [6.07, 6.45) is 9.40. The predicted molar refractivity (Wildman–Crippen MR) is 152 cm³/mol. The fraction of sp³-hybridized carbons (Fsp3) is 0.310. The van der Waals surface area contributed by atoms with E-state index in [1.165, 1.54) is 18.4 Å². The molecule has 1 aliphatic carbocycles. The van der Waals surface area contributed by atoms with Crippen molar-refractivity contribution in [1.82, 2.24) is 9.97 Å². The maximum absolute atomic E-state index is 10.00. The van der Waals surface area contributed by atoms with E-state index < -0.39 is 0 Å². The highest BCUT2D eigenvalue weighted by molar-refractivity contribution is 6.37. The van der Waals surface area contributed by atoms with Crippen molar-refractivity contribution in [3.63, 3.8) is 0 Å². The molecule has 190 valence electrons. The van der Waals surface area contributed by atoms with E-state index in [2.05, 4.69) is 28.4 Å². The number of benzene rings is 2. The van der Waals surface area contributed by atoms with Gasteiger partial charge in [0, 0.05) is 30.7 Å². The second kappa shape index (κ2) is 10.0. The van der Waals surface area contributed by atoms with Crippen LogP contribution in [0.15, 0.2) is 54.9 Å². The monoisotopic (exact) mass is 533 g/mol. The first-order valence-electron chi connectivity index (χ1n) is 12.8. The molecule has 0 bridgehead atoms. The average molecular weight is 534 g/mol. The lowest BCUT2D eigenvalue weighted by atomic mass is 9.99. The van der Waals surface area contributed by atoms with Crippen molar-refractivity contribution in [3.8, 4) is 16.9 Å². The van der Waals surface area contributed by atoms with Crippen molar-refractivity contribution in [2.24, 2.45) is 11.7 Å². The van der Waals surface area contributed by atoms with Gasteiger partial charge in [-0.1, -0.05) is 29.3 Å².